The molecule has 2 fully saturated rings. The second kappa shape index (κ2) is 9.71. The Balaban J connectivity index is 1.57. The summed E-state index contributed by atoms with van der Waals surface area (Å²) in [7, 11) is 0. The van der Waals surface area contributed by atoms with Crippen molar-refractivity contribution in [3.63, 3.8) is 0 Å². The number of carbonyl (C=O) groups excluding carboxylic acids is 1. The van der Waals surface area contributed by atoms with Gasteiger partial charge in [-0.1, -0.05) is 46.3 Å². The molecule has 2 aromatic carbocycles. The number of aliphatic imine (C=N–C) groups is 1. The first-order valence-corrected chi connectivity index (χ1v) is 11.2. The van der Waals surface area contributed by atoms with Crippen molar-refractivity contribution in [1.82, 2.24) is 9.80 Å². The number of hydrogen-bond acceptors (Lipinski definition) is 5. The summed E-state index contributed by atoms with van der Waals surface area (Å²) in [5, 5.41) is 0.734. The van der Waals surface area contributed by atoms with Crippen LogP contribution in [0, 0.1) is 0 Å². The molecule has 0 N–H and O–H groups in total. The van der Waals surface area contributed by atoms with Gasteiger partial charge in [-0.15, -0.1) is 0 Å². The largest absolute Gasteiger partial charge is 0.379 e. The molecule has 5 nitrogen and oxygen atoms in total. The predicted molar refractivity (Wildman–Crippen MR) is 122 cm³/mol. The second-order valence-corrected chi connectivity index (χ2v) is 8.73. The Bertz CT molecular complexity index is 909. The number of para-hydroxylation sites is 1. The summed E-state index contributed by atoms with van der Waals surface area (Å²) in [6.45, 7) is 4.75. The van der Waals surface area contributed by atoms with Gasteiger partial charge in [-0.05, 0) is 47.7 Å². The van der Waals surface area contributed by atoms with Gasteiger partial charge in [-0.3, -0.25) is 14.6 Å². The lowest BCUT2D eigenvalue weighted by Gasteiger charge is -2.28. The average molecular weight is 472 g/mol. The Kier molecular flexibility index (Phi) is 6.82. The Morgan fingerprint density at radius 3 is 2.48 bits per heavy atom. The fourth-order valence-corrected chi connectivity index (χ4v) is 4.47. The number of morpholine rings is 1. The van der Waals surface area contributed by atoms with Crippen molar-refractivity contribution in [2.24, 2.45) is 4.99 Å². The van der Waals surface area contributed by atoms with Crippen molar-refractivity contribution in [3.8, 4) is 0 Å². The normalized spacial score (nSPS) is 20.7. The fraction of sp³-hybridized carbons (Fsp3) is 0.273. The van der Waals surface area contributed by atoms with Crippen LogP contribution in [0.25, 0.3) is 6.08 Å². The highest BCUT2D eigenvalue weighted by atomic mass is 79.9. The molecule has 0 saturated carbocycles. The number of amides is 1. The quantitative estimate of drug-likeness (QED) is 0.606. The van der Waals surface area contributed by atoms with E-state index < -0.39 is 0 Å². The lowest BCUT2D eigenvalue weighted by atomic mass is 10.2. The molecule has 0 atom stereocenters. The summed E-state index contributed by atoms with van der Waals surface area (Å²) in [5.41, 5.74) is 1.85. The minimum atomic E-state index is 0.0147. The third-order valence-electron chi connectivity index (χ3n) is 4.78. The summed E-state index contributed by atoms with van der Waals surface area (Å²) in [6.07, 6.45) is 1.94. The molecule has 7 heteroatoms. The van der Waals surface area contributed by atoms with Crippen molar-refractivity contribution in [2.45, 2.75) is 0 Å². The van der Waals surface area contributed by atoms with Crippen LogP contribution in [0.1, 0.15) is 5.56 Å². The fourth-order valence-electron chi connectivity index (χ4n) is 3.18. The standard InChI is InChI=1S/C22H22BrN3O2S/c23-18-8-6-17(7-9-18)16-20-21(27)26(11-10-25-12-14-28-15-13-25)22(29-20)24-19-4-2-1-3-5-19/h1-9,16H,10-15H2/b20-16-,24-22?. The van der Waals surface area contributed by atoms with E-state index in [4.69, 9.17) is 9.73 Å². The maximum atomic E-state index is 13.2. The number of ether oxygens (including phenoxy) is 1. The van der Waals surface area contributed by atoms with Crippen LogP contribution in [-0.4, -0.2) is 60.3 Å². The third kappa shape index (κ3) is 5.36. The van der Waals surface area contributed by atoms with Crippen LogP contribution < -0.4 is 0 Å². The predicted octanol–water partition coefficient (Wildman–Crippen LogP) is 4.39. The van der Waals surface area contributed by atoms with E-state index in [1.54, 1.807) is 4.90 Å². The number of hydrogen-bond donors (Lipinski definition) is 0. The Morgan fingerprint density at radius 1 is 1.03 bits per heavy atom. The number of benzene rings is 2. The van der Waals surface area contributed by atoms with Crippen LogP contribution in [0.2, 0.25) is 0 Å². The molecular weight excluding hydrogens is 450 g/mol. The number of nitrogens with zero attached hydrogens (tertiary/aromatic N) is 3. The van der Waals surface area contributed by atoms with Gasteiger partial charge in [0.1, 0.15) is 0 Å². The highest BCUT2D eigenvalue weighted by Crippen LogP contribution is 2.34. The molecule has 2 heterocycles. The van der Waals surface area contributed by atoms with Crippen LogP contribution >= 0.6 is 27.7 Å². The first-order valence-electron chi connectivity index (χ1n) is 9.60. The summed E-state index contributed by atoms with van der Waals surface area (Å²) in [5.74, 6) is 0.0147. The Hall–Kier alpha value is -1.93. The van der Waals surface area contributed by atoms with Gasteiger partial charge in [0, 0.05) is 30.7 Å². The van der Waals surface area contributed by atoms with E-state index in [0.717, 1.165) is 53.7 Å². The van der Waals surface area contributed by atoms with Crippen LogP contribution in [-0.2, 0) is 9.53 Å². The number of halogens is 1. The molecule has 150 valence electrons. The highest BCUT2D eigenvalue weighted by Gasteiger charge is 2.33. The Morgan fingerprint density at radius 2 is 1.76 bits per heavy atom. The molecule has 29 heavy (non-hydrogen) atoms. The maximum absolute atomic E-state index is 13.2. The highest BCUT2D eigenvalue weighted by molar-refractivity contribution is 9.10. The zero-order valence-electron chi connectivity index (χ0n) is 16.0. The van der Waals surface area contributed by atoms with E-state index in [0.29, 0.717) is 11.4 Å². The molecule has 0 spiro atoms. The number of thioether (sulfide) groups is 1. The lowest BCUT2D eigenvalue weighted by Crippen LogP contribution is -2.42. The van der Waals surface area contributed by atoms with Crippen LogP contribution in [0.15, 0.2) is 69.0 Å². The molecule has 2 saturated heterocycles. The topological polar surface area (TPSA) is 45.1 Å². The maximum Gasteiger partial charge on any atom is 0.266 e. The van der Waals surface area contributed by atoms with Crippen LogP contribution in [0.3, 0.4) is 0 Å². The van der Waals surface area contributed by atoms with Crippen molar-refractivity contribution >= 4 is 50.5 Å². The van der Waals surface area contributed by atoms with Gasteiger partial charge >= 0.3 is 0 Å². The number of amidine groups is 1. The van der Waals surface area contributed by atoms with E-state index in [1.165, 1.54) is 11.8 Å². The number of carbonyl (C=O) groups is 1. The molecule has 0 radical (unpaired) electrons. The van der Waals surface area contributed by atoms with E-state index in [9.17, 15) is 4.79 Å². The zero-order chi connectivity index (χ0) is 20.1. The molecular formula is C22H22BrN3O2S. The van der Waals surface area contributed by atoms with E-state index >= 15 is 0 Å². The van der Waals surface area contributed by atoms with E-state index in [2.05, 4.69) is 20.8 Å². The van der Waals surface area contributed by atoms with E-state index in [1.807, 2.05) is 60.7 Å². The van der Waals surface area contributed by atoms with Crippen molar-refractivity contribution in [1.29, 1.82) is 0 Å². The van der Waals surface area contributed by atoms with Gasteiger partial charge in [0.05, 0.1) is 23.8 Å². The van der Waals surface area contributed by atoms with Gasteiger partial charge in [-0.2, -0.15) is 0 Å². The second-order valence-electron chi connectivity index (χ2n) is 6.80. The molecule has 0 aliphatic carbocycles. The molecule has 4 rings (SSSR count). The minimum absolute atomic E-state index is 0.0147. The van der Waals surface area contributed by atoms with E-state index in [-0.39, 0.29) is 5.91 Å². The SMILES string of the molecule is O=C1/C(=C/c2ccc(Br)cc2)SC(=Nc2ccccc2)N1CCN1CCOCC1. The molecule has 2 aliphatic heterocycles. The Labute approximate surface area is 183 Å². The molecule has 2 aromatic rings. The molecule has 0 unspecified atom stereocenters. The zero-order valence-corrected chi connectivity index (χ0v) is 18.4. The first-order chi connectivity index (χ1) is 14.2. The van der Waals surface area contributed by atoms with Crippen LogP contribution in [0.4, 0.5) is 5.69 Å². The summed E-state index contributed by atoms with van der Waals surface area (Å²) >= 11 is 4.89. The van der Waals surface area contributed by atoms with Crippen LogP contribution in [0.5, 0.6) is 0 Å². The monoisotopic (exact) mass is 471 g/mol. The molecule has 0 bridgehead atoms. The molecule has 0 aromatic heterocycles. The van der Waals surface area contributed by atoms with Crippen molar-refractivity contribution in [2.75, 3.05) is 39.4 Å². The smallest absolute Gasteiger partial charge is 0.266 e. The molecule has 2 aliphatic rings. The average Bonchev–Trinajstić information content (AvgIpc) is 3.04. The van der Waals surface area contributed by atoms with Gasteiger partial charge in [0.15, 0.2) is 5.17 Å². The van der Waals surface area contributed by atoms with Gasteiger partial charge in [0.2, 0.25) is 0 Å². The van der Waals surface area contributed by atoms with Gasteiger partial charge in [0.25, 0.3) is 5.91 Å². The summed E-state index contributed by atoms with van der Waals surface area (Å²) in [4.78, 5) is 22.7. The molecule has 1 amide bonds. The lowest BCUT2D eigenvalue weighted by molar-refractivity contribution is -0.122. The van der Waals surface area contributed by atoms with Gasteiger partial charge in [-0.25, -0.2) is 4.99 Å². The summed E-state index contributed by atoms with van der Waals surface area (Å²) < 4.78 is 6.44. The summed E-state index contributed by atoms with van der Waals surface area (Å²) in [6, 6.07) is 17.7. The minimum Gasteiger partial charge on any atom is -0.379 e. The number of rotatable bonds is 5. The first kappa shape index (κ1) is 20.3. The van der Waals surface area contributed by atoms with Crippen molar-refractivity contribution in [3.05, 3.63) is 69.5 Å². The third-order valence-corrected chi connectivity index (χ3v) is 6.32. The van der Waals surface area contributed by atoms with Crippen molar-refractivity contribution < 1.29 is 9.53 Å². The van der Waals surface area contributed by atoms with Gasteiger partial charge < -0.3 is 4.74 Å².